The number of hydrogen-bond acceptors (Lipinski definition) is 6. The number of hydrogen-bond donors (Lipinski definition) is 0. The molecule has 6 heteroatoms. The van der Waals surface area contributed by atoms with Crippen LogP contribution in [0.15, 0.2) is 85.1 Å². The summed E-state index contributed by atoms with van der Waals surface area (Å²) < 4.78 is 16.6. The van der Waals surface area contributed by atoms with Crippen molar-refractivity contribution in [1.82, 2.24) is 0 Å². The van der Waals surface area contributed by atoms with E-state index < -0.39 is 6.10 Å². The number of unbranched alkanes of at least 4 members (excludes halogenated alkanes) is 14. The maximum absolute atomic E-state index is 12.7. The first kappa shape index (κ1) is 52.6. The lowest BCUT2D eigenvalue weighted by Gasteiger charge is -2.18. The fourth-order valence-corrected chi connectivity index (χ4v) is 5.76. The molecule has 6 nitrogen and oxygen atoms in total. The highest BCUT2D eigenvalue weighted by molar-refractivity contribution is 5.71. The summed E-state index contributed by atoms with van der Waals surface area (Å²) in [4.78, 5) is 37.7. The minimum absolute atomic E-state index is 0.105. The Kier molecular flexibility index (Phi) is 41.6. The van der Waals surface area contributed by atoms with Gasteiger partial charge in [0.2, 0.25) is 0 Å². The topological polar surface area (TPSA) is 78.9 Å². The molecule has 0 saturated heterocycles. The van der Waals surface area contributed by atoms with Crippen molar-refractivity contribution in [1.29, 1.82) is 0 Å². The van der Waals surface area contributed by atoms with Gasteiger partial charge in [0, 0.05) is 19.3 Å². The van der Waals surface area contributed by atoms with E-state index in [2.05, 4.69) is 106 Å². The van der Waals surface area contributed by atoms with Crippen molar-refractivity contribution >= 4 is 17.9 Å². The Labute approximate surface area is 344 Å². The summed E-state index contributed by atoms with van der Waals surface area (Å²) in [6, 6.07) is 0. The SMILES string of the molecule is CC/C=C\C/C=C\C/C=C\CCCCCCC(=O)OCC(COC(=O)CCCCCCC/C=C\CCCCC)OC(=O)CCCC/C=C\C/C=C\C/C=C\CC. The van der Waals surface area contributed by atoms with Gasteiger partial charge in [-0.1, -0.05) is 151 Å². The van der Waals surface area contributed by atoms with E-state index in [1.54, 1.807) is 0 Å². The van der Waals surface area contributed by atoms with Gasteiger partial charge < -0.3 is 14.2 Å². The van der Waals surface area contributed by atoms with E-state index in [0.29, 0.717) is 19.3 Å². The second kappa shape index (κ2) is 44.3. The Hall–Kier alpha value is -3.41. The van der Waals surface area contributed by atoms with Crippen LogP contribution in [0.3, 0.4) is 0 Å². The summed E-state index contributed by atoms with van der Waals surface area (Å²) in [5.74, 6) is -0.986. The normalized spacial score (nSPS) is 12.8. The zero-order valence-corrected chi connectivity index (χ0v) is 36.1. The molecular formula is C50H82O6. The van der Waals surface area contributed by atoms with Crippen molar-refractivity contribution < 1.29 is 28.6 Å². The summed E-state index contributed by atoms with van der Waals surface area (Å²) in [7, 11) is 0. The fourth-order valence-electron chi connectivity index (χ4n) is 5.76. The van der Waals surface area contributed by atoms with Crippen LogP contribution < -0.4 is 0 Å². The zero-order valence-electron chi connectivity index (χ0n) is 36.1. The van der Waals surface area contributed by atoms with Crippen LogP contribution in [0.1, 0.15) is 194 Å². The van der Waals surface area contributed by atoms with E-state index in [-0.39, 0.29) is 37.5 Å². The molecule has 0 aromatic carbocycles. The van der Waals surface area contributed by atoms with Crippen molar-refractivity contribution in [2.24, 2.45) is 0 Å². The van der Waals surface area contributed by atoms with Gasteiger partial charge in [0.1, 0.15) is 13.2 Å². The van der Waals surface area contributed by atoms with Gasteiger partial charge in [0.15, 0.2) is 6.10 Å². The molecule has 1 atom stereocenters. The molecule has 0 amide bonds. The summed E-state index contributed by atoms with van der Waals surface area (Å²) in [5, 5.41) is 0. The van der Waals surface area contributed by atoms with Crippen LogP contribution in [0.2, 0.25) is 0 Å². The third-order valence-electron chi connectivity index (χ3n) is 9.11. The average Bonchev–Trinajstić information content (AvgIpc) is 3.19. The molecule has 0 N–H and O–H groups in total. The molecule has 0 heterocycles. The third kappa shape index (κ3) is 41.7. The number of carbonyl (C=O) groups is 3. The van der Waals surface area contributed by atoms with Gasteiger partial charge in [0.25, 0.3) is 0 Å². The van der Waals surface area contributed by atoms with Gasteiger partial charge in [-0.15, -0.1) is 0 Å². The molecule has 0 radical (unpaired) electrons. The number of esters is 3. The van der Waals surface area contributed by atoms with E-state index in [4.69, 9.17) is 14.2 Å². The van der Waals surface area contributed by atoms with Crippen LogP contribution in [-0.2, 0) is 28.6 Å². The van der Waals surface area contributed by atoms with Crippen LogP contribution >= 0.6 is 0 Å². The molecule has 0 aliphatic rings. The van der Waals surface area contributed by atoms with Gasteiger partial charge in [-0.25, -0.2) is 0 Å². The maximum Gasteiger partial charge on any atom is 0.306 e. The van der Waals surface area contributed by atoms with Gasteiger partial charge in [0.05, 0.1) is 0 Å². The standard InChI is InChI=1S/C50H82O6/c1-4-7-10-13-16-19-22-25-26-29-31-34-37-40-43-49(52)55-46-47(56-50(53)44-41-38-35-32-28-24-21-18-15-12-9-6-3)45-54-48(51)42-39-36-33-30-27-23-20-17-14-11-8-5-2/h7,9-10,12,16-21,25-26,28,32,47H,4-6,8,11,13-15,22-24,27,29-31,33-46H2,1-3H3/b10-7-,12-9-,19-16-,20-17-,21-18-,26-25-,32-28-. The Morgan fingerprint density at radius 3 is 1.14 bits per heavy atom. The number of rotatable bonds is 39. The molecule has 0 rings (SSSR count). The Bertz CT molecular complexity index is 1120. The van der Waals surface area contributed by atoms with E-state index in [1.807, 2.05) is 0 Å². The molecule has 318 valence electrons. The predicted molar refractivity (Wildman–Crippen MR) is 237 cm³/mol. The molecule has 0 spiro atoms. The predicted octanol–water partition coefficient (Wildman–Crippen LogP) is 14.5. The Balaban J connectivity index is 4.50. The first-order valence-electron chi connectivity index (χ1n) is 22.6. The summed E-state index contributed by atoms with van der Waals surface area (Å²) >= 11 is 0. The lowest BCUT2D eigenvalue weighted by Crippen LogP contribution is -2.30. The van der Waals surface area contributed by atoms with Gasteiger partial charge in [-0.2, -0.15) is 0 Å². The van der Waals surface area contributed by atoms with Gasteiger partial charge >= 0.3 is 17.9 Å². The van der Waals surface area contributed by atoms with E-state index in [1.165, 1.54) is 32.1 Å². The van der Waals surface area contributed by atoms with Gasteiger partial charge in [-0.05, 0) is 109 Å². The summed E-state index contributed by atoms with van der Waals surface area (Å²) in [6.07, 6.45) is 55.7. The molecule has 0 aromatic heterocycles. The number of ether oxygens (including phenoxy) is 3. The molecule has 56 heavy (non-hydrogen) atoms. The van der Waals surface area contributed by atoms with Crippen LogP contribution in [0.5, 0.6) is 0 Å². The smallest absolute Gasteiger partial charge is 0.306 e. The monoisotopic (exact) mass is 779 g/mol. The second-order valence-electron chi connectivity index (χ2n) is 14.5. The Morgan fingerprint density at radius 2 is 0.696 bits per heavy atom. The van der Waals surface area contributed by atoms with Crippen LogP contribution in [0.4, 0.5) is 0 Å². The maximum atomic E-state index is 12.7. The Morgan fingerprint density at radius 1 is 0.375 bits per heavy atom. The first-order valence-corrected chi connectivity index (χ1v) is 22.6. The van der Waals surface area contributed by atoms with E-state index in [9.17, 15) is 14.4 Å². The van der Waals surface area contributed by atoms with Crippen molar-refractivity contribution in [3.05, 3.63) is 85.1 Å². The summed E-state index contributed by atoms with van der Waals surface area (Å²) in [6.45, 7) is 6.29. The highest BCUT2D eigenvalue weighted by Crippen LogP contribution is 2.12. The minimum Gasteiger partial charge on any atom is -0.462 e. The molecule has 0 aliphatic carbocycles. The first-order chi connectivity index (χ1) is 27.5. The number of allylic oxidation sites excluding steroid dienone is 14. The molecular weight excluding hydrogens is 697 g/mol. The summed E-state index contributed by atoms with van der Waals surface area (Å²) in [5.41, 5.74) is 0. The highest BCUT2D eigenvalue weighted by atomic mass is 16.6. The molecule has 0 aliphatic heterocycles. The quantitative estimate of drug-likeness (QED) is 0.0268. The van der Waals surface area contributed by atoms with Crippen molar-refractivity contribution in [2.45, 2.75) is 200 Å². The molecule has 0 bridgehead atoms. The van der Waals surface area contributed by atoms with Crippen molar-refractivity contribution in [2.75, 3.05) is 13.2 Å². The second-order valence-corrected chi connectivity index (χ2v) is 14.5. The van der Waals surface area contributed by atoms with E-state index in [0.717, 1.165) is 116 Å². The van der Waals surface area contributed by atoms with Crippen LogP contribution in [0, 0.1) is 0 Å². The average molecular weight is 779 g/mol. The molecule has 0 saturated carbocycles. The fraction of sp³-hybridized carbons (Fsp3) is 0.660. The largest absolute Gasteiger partial charge is 0.462 e. The van der Waals surface area contributed by atoms with Crippen molar-refractivity contribution in [3.8, 4) is 0 Å². The minimum atomic E-state index is -0.807. The lowest BCUT2D eigenvalue weighted by atomic mass is 10.1. The van der Waals surface area contributed by atoms with E-state index >= 15 is 0 Å². The molecule has 1 unspecified atom stereocenters. The lowest BCUT2D eigenvalue weighted by molar-refractivity contribution is -0.167. The number of carbonyl (C=O) groups excluding carboxylic acids is 3. The van der Waals surface area contributed by atoms with Crippen molar-refractivity contribution in [3.63, 3.8) is 0 Å². The van der Waals surface area contributed by atoms with Crippen LogP contribution in [0.25, 0.3) is 0 Å². The molecule has 0 fully saturated rings. The molecule has 0 aromatic rings. The van der Waals surface area contributed by atoms with Crippen LogP contribution in [-0.4, -0.2) is 37.2 Å². The third-order valence-corrected chi connectivity index (χ3v) is 9.11. The van der Waals surface area contributed by atoms with Gasteiger partial charge in [-0.3, -0.25) is 14.4 Å². The zero-order chi connectivity index (χ0) is 40.8. The highest BCUT2D eigenvalue weighted by Gasteiger charge is 2.19.